The zero-order valence-corrected chi connectivity index (χ0v) is 9.61. The minimum atomic E-state index is -0.00347. The Morgan fingerprint density at radius 1 is 1.50 bits per heavy atom. The van der Waals surface area contributed by atoms with Gasteiger partial charge in [-0.2, -0.15) is 0 Å². The van der Waals surface area contributed by atoms with Crippen LogP contribution in [0.15, 0.2) is 23.1 Å². The zero-order chi connectivity index (χ0) is 11.4. The molecule has 1 saturated heterocycles. The predicted octanol–water partition coefficient (Wildman–Crippen LogP) is 1.17. The lowest BCUT2D eigenvalue weighted by Gasteiger charge is -2.24. The molecule has 1 aliphatic heterocycles. The maximum Gasteiger partial charge on any atom is 0.293 e. The van der Waals surface area contributed by atoms with E-state index in [0.717, 1.165) is 25.9 Å². The number of pyridine rings is 1. The first-order chi connectivity index (χ1) is 7.83. The van der Waals surface area contributed by atoms with Crippen molar-refractivity contribution in [3.63, 3.8) is 0 Å². The van der Waals surface area contributed by atoms with Gasteiger partial charge in [0.1, 0.15) is 0 Å². The first-order valence-corrected chi connectivity index (χ1v) is 5.87. The second-order valence-electron chi connectivity index (χ2n) is 4.00. The Bertz CT molecular complexity index is 394. The first kappa shape index (κ1) is 11.2. The number of piperidine rings is 1. The van der Waals surface area contributed by atoms with Crippen LogP contribution in [0.25, 0.3) is 0 Å². The SMILES string of the molecule is CCOc1cccn(C2CCNCC2)c1=O. The third-order valence-electron chi connectivity index (χ3n) is 2.94. The minimum absolute atomic E-state index is 0.00347. The van der Waals surface area contributed by atoms with Gasteiger partial charge in [0, 0.05) is 12.2 Å². The van der Waals surface area contributed by atoms with Crippen molar-refractivity contribution in [3.8, 4) is 5.75 Å². The van der Waals surface area contributed by atoms with E-state index in [1.54, 1.807) is 6.07 Å². The molecular weight excluding hydrogens is 204 g/mol. The molecule has 16 heavy (non-hydrogen) atoms. The van der Waals surface area contributed by atoms with E-state index in [9.17, 15) is 4.79 Å². The standard InChI is InChI=1S/C12H18N2O2/c1-2-16-11-4-3-9-14(12(11)15)10-5-7-13-8-6-10/h3-4,9-10,13H,2,5-8H2,1H3. The summed E-state index contributed by atoms with van der Waals surface area (Å²) >= 11 is 0. The number of ether oxygens (including phenoxy) is 1. The number of nitrogens with zero attached hydrogens (tertiary/aromatic N) is 1. The highest BCUT2D eigenvalue weighted by atomic mass is 16.5. The van der Waals surface area contributed by atoms with Crippen LogP contribution in [0.3, 0.4) is 0 Å². The molecule has 0 saturated carbocycles. The molecule has 2 rings (SSSR count). The summed E-state index contributed by atoms with van der Waals surface area (Å²) in [5.41, 5.74) is -0.00347. The molecule has 4 heteroatoms. The molecule has 0 bridgehead atoms. The van der Waals surface area contributed by atoms with Crippen LogP contribution in [0.1, 0.15) is 25.8 Å². The fourth-order valence-corrected chi connectivity index (χ4v) is 2.13. The molecule has 1 aromatic rings. The molecule has 0 amide bonds. The second-order valence-corrected chi connectivity index (χ2v) is 4.00. The monoisotopic (exact) mass is 222 g/mol. The van der Waals surface area contributed by atoms with Gasteiger partial charge < -0.3 is 14.6 Å². The summed E-state index contributed by atoms with van der Waals surface area (Å²) in [6.45, 7) is 4.39. The molecule has 0 aliphatic carbocycles. The molecule has 2 heterocycles. The van der Waals surface area contributed by atoms with Gasteiger partial charge in [0.2, 0.25) is 0 Å². The highest BCUT2D eigenvalue weighted by Crippen LogP contribution is 2.17. The van der Waals surface area contributed by atoms with Crippen molar-refractivity contribution < 1.29 is 4.74 Å². The van der Waals surface area contributed by atoms with Crippen LogP contribution in [-0.4, -0.2) is 24.3 Å². The number of nitrogens with one attached hydrogen (secondary N) is 1. The third-order valence-corrected chi connectivity index (χ3v) is 2.94. The molecule has 0 radical (unpaired) electrons. The van der Waals surface area contributed by atoms with Crippen molar-refractivity contribution in [2.45, 2.75) is 25.8 Å². The van der Waals surface area contributed by atoms with Gasteiger partial charge in [0.15, 0.2) is 5.75 Å². The third kappa shape index (κ3) is 2.27. The van der Waals surface area contributed by atoms with Gasteiger partial charge in [-0.25, -0.2) is 0 Å². The fourth-order valence-electron chi connectivity index (χ4n) is 2.13. The summed E-state index contributed by atoms with van der Waals surface area (Å²) in [7, 11) is 0. The smallest absolute Gasteiger partial charge is 0.293 e. The molecule has 0 aromatic carbocycles. The van der Waals surface area contributed by atoms with Crippen molar-refractivity contribution >= 4 is 0 Å². The van der Waals surface area contributed by atoms with Crippen LogP contribution >= 0.6 is 0 Å². The van der Waals surface area contributed by atoms with Gasteiger partial charge in [-0.15, -0.1) is 0 Å². The minimum Gasteiger partial charge on any atom is -0.488 e. The Balaban J connectivity index is 2.26. The van der Waals surface area contributed by atoms with Gasteiger partial charge in [0.05, 0.1) is 6.61 Å². The number of hydrogen-bond acceptors (Lipinski definition) is 3. The average molecular weight is 222 g/mol. The fraction of sp³-hybridized carbons (Fsp3) is 0.583. The van der Waals surface area contributed by atoms with Gasteiger partial charge >= 0.3 is 0 Å². The van der Waals surface area contributed by atoms with Crippen LogP contribution in [0.4, 0.5) is 0 Å². The van der Waals surface area contributed by atoms with E-state index in [4.69, 9.17) is 4.74 Å². The van der Waals surface area contributed by atoms with Crippen molar-refractivity contribution in [1.82, 2.24) is 9.88 Å². The Labute approximate surface area is 95.2 Å². The van der Waals surface area contributed by atoms with E-state index in [2.05, 4.69) is 5.32 Å². The van der Waals surface area contributed by atoms with Crippen molar-refractivity contribution in [2.75, 3.05) is 19.7 Å². The van der Waals surface area contributed by atoms with Crippen molar-refractivity contribution in [3.05, 3.63) is 28.7 Å². The highest BCUT2D eigenvalue weighted by Gasteiger charge is 2.16. The topological polar surface area (TPSA) is 43.3 Å². The van der Waals surface area contributed by atoms with Crippen LogP contribution in [0, 0.1) is 0 Å². The van der Waals surface area contributed by atoms with Gasteiger partial charge in [-0.05, 0) is 45.0 Å². The Kier molecular flexibility index (Phi) is 3.62. The van der Waals surface area contributed by atoms with E-state index in [0.29, 0.717) is 18.4 Å². The summed E-state index contributed by atoms with van der Waals surface area (Å²) in [5, 5.41) is 3.30. The maximum atomic E-state index is 12.1. The second kappa shape index (κ2) is 5.16. The Morgan fingerprint density at radius 3 is 2.94 bits per heavy atom. The summed E-state index contributed by atoms with van der Waals surface area (Å²) < 4.78 is 7.13. The largest absolute Gasteiger partial charge is 0.488 e. The lowest BCUT2D eigenvalue weighted by Crippen LogP contribution is -2.34. The first-order valence-electron chi connectivity index (χ1n) is 5.87. The maximum absolute atomic E-state index is 12.1. The molecule has 1 N–H and O–H groups in total. The van der Waals surface area contributed by atoms with Gasteiger partial charge in [-0.3, -0.25) is 4.79 Å². The summed E-state index contributed by atoms with van der Waals surface area (Å²) in [4.78, 5) is 12.1. The van der Waals surface area contributed by atoms with E-state index in [-0.39, 0.29) is 5.56 Å². The summed E-state index contributed by atoms with van der Waals surface area (Å²) in [5.74, 6) is 0.462. The average Bonchev–Trinajstić information content (AvgIpc) is 2.33. The molecule has 0 unspecified atom stereocenters. The molecule has 1 aliphatic rings. The van der Waals surface area contributed by atoms with Gasteiger partial charge in [0.25, 0.3) is 5.56 Å². The number of rotatable bonds is 3. The van der Waals surface area contributed by atoms with E-state index in [1.165, 1.54) is 0 Å². The van der Waals surface area contributed by atoms with E-state index < -0.39 is 0 Å². The molecule has 88 valence electrons. The predicted molar refractivity (Wildman–Crippen MR) is 63.0 cm³/mol. The number of aromatic nitrogens is 1. The van der Waals surface area contributed by atoms with Crippen molar-refractivity contribution in [1.29, 1.82) is 0 Å². The van der Waals surface area contributed by atoms with E-state index in [1.807, 2.05) is 23.8 Å². The summed E-state index contributed by atoms with van der Waals surface area (Å²) in [6, 6.07) is 3.94. The molecule has 4 nitrogen and oxygen atoms in total. The molecule has 1 fully saturated rings. The molecule has 0 spiro atoms. The Hall–Kier alpha value is -1.29. The molecule has 0 atom stereocenters. The number of hydrogen-bond donors (Lipinski definition) is 1. The highest BCUT2D eigenvalue weighted by molar-refractivity contribution is 5.17. The molecular formula is C12H18N2O2. The lowest BCUT2D eigenvalue weighted by molar-refractivity contribution is 0.317. The van der Waals surface area contributed by atoms with Crippen LogP contribution in [0.5, 0.6) is 5.75 Å². The van der Waals surface area contributed by atoms with E-state index >= 15 is 0 Å². The van der Waals surface area contributed by atoms with Crippen LogP contribution < -0.4 is 15.6 Å². The van der Waals surface area contributed by atoms with Crippen LogP contribution in [0.2, 0.25) is 0 Å². The molecule has 1 aromatic heterocycles. The zero-order valence-electron chi connectivity index (χ0n) is 9.61. The summed E-state index contributed by atoms with van der Waals surface area (Å²) in [6.07, 6.45) is 3.88. The normalized spacial score (nSPS) is 17.3. The van der Waals surface area contributed by atoms with Crippen LogP contribution in [-0.2, 0) is 0 Å². The Morgan fingerprint density at radius 2 is 2.25 bits per heavy atom. The quantitative estimate of drug-likeness (QED) is 0.835. The van der Waals surface area contributed by atoms with Crippen molar-refractivity contribution in [2.24, 2.45) is 0 Å². The van der Waals surface area contributed by atoms with Gasteiger partial charge in [-0.1, -0.05) is 0 Å². The lowest BCUT2D eigenvalue weighted by atomic mass is 10.1.